The van der Waals surface area contributed by atoms with Crippen LogP contribution in [0.2, 0.25) is 0 Å². The van der Waals surface area contributed by atoms with Crippen LogP contribution in [0.25, 0.3) is 0 Å². The maximum Gasteiger partial charge on any atom is 0.321 e. The molecule has 0 bridgehead atoms. The molecule has 5 nitrogen and oxygen atoms in total. The summed E-state index contributed by atoms with van der Waals surface area (Å²) < 4.78 is 13.7. The van der Waals surface area contributed by atoms with Gasteiger partial charge in [0.15, 0.2) is 0 Å². The Kier molecular flexibility index (Phi) is 5.89. The van der Waals surface area contributed by atoms with Crippen molar-refractivity contribution in [2.45, 2.75) is 51.0 Å². The highest BCUT2D eigenvalue weighted by atomic mass is 19.1. The van der Waals surface area contributed by atoms with E-state index in [1.54, 1.807) is 17.0 Å². The molecule has 2 aliphatic rings. The number of para-hydroxylation sites is 1. The maximum absolute atomic E-state index is 13.7. The summed E-state index contributed by atoms with van der Waals surface area (Å²) in [6, 6.07) is 6.04. The second-order valence-electron chi connectivity index (χ2n) is 7.04. The molecule has 25 heavy (non-hydrogen) atoms. The molecule has 1 saturated heterocycles. The van der Waals surface area contributed by atoms with Crippen LogP contribution in [-0.4, -0.2) is 36.0 Å². The fourth-order valence-electron chi connectivity index (χ4n) is 3.70. The van der Waals surface area contributed by atoms with Crippen LogP contribution in [0.4, 0.5) is 14.9 Å². The molecule has 1 heterocycles. The highest BCUT2D eigenvalue weighted by Gasteiger charge is 2.30. The number of anilines is 1. The summed E-state index contributed by atoms with van der Waals surface area (Å²) in [5, 5.41) is 5.75. The van der Waals surface area contributed by atoms with E-state index in [0.717, 1.165) is 25.7 Å². The summed E-state index contributed by atoms with van der Waals surface area (Å²) in [5.74, 6) is -0.586. The average Bonchev–Trinajstić information content (AvgIpc) is 2.64. The molecule has 2 N–H and O–H groups in total. The topological polar surface area (TPSA) is 61.4 Å². The standard InChI is InChI=1S/C19H26FN3O2/c20-16-10-4-5-11-17(16)22-19(25)23-12-6-7-14(13-23)18(24)21-15-8-2-1-3-9-15/h4-5,10-11,14-15H,1-3,6-9,12-13H2,(H,21,24)(H,22,25). The molecule has 136 valence electrons. The van der Waals surface area contributed by atoms with E-state index in [1.807, 2.05) is 0 Å². The Morgan fingerprint density at radius 3 is 2.56 bits per heavy atom. The van der Waals surface area contributed by atoms with E-state index in [1.165, 1.54) is 31.4 Å². The van der Waals surface area contributed by atoms with Gasteiger partial charge in [0.2, 0.25) is 5.91 Å². The Hall–Kier alpha value is -2.11. The number of benzene rings is 1. The number of urea groups is 1. The van der Waals surface area contributed by atoms with Crippen LogP contribution < -0.4 is 10.6 Å². The Bertz CT molecular complexity index is 616. The first-order valence-corrected chi connectivity index (χ1v) is 9.24. The van der Waals surface area contributed by atoms with Gasteiger partial charge in [-0.25, -0.2) is 9.18 Å². The van der Waals surface area contributed by atoms with E-state index >= 15 is 0 Å². The van der Waals surface area contributed by atoms with E-state index in [2.05, 4.69) is 10.6 Å². The molecule has 1 aromatic carbocycles. The van der Waals surface area contributed by atoms with Crippen LogP contribution in [0, 0.1) is 11.7 Å². The first-order chi connectivity index (χ1) is 12.1. The third kappa shape index (κ3) is 4.71. The maximum atomic E-state index is 13.7. The van der Waals surface area contributed by atoms with Gasteiger partial charge in [0.25, 0.3) is 0 Å². The van der Waals surface area contributed by atoms with Crippen LogP contribution in [0.3, 0.4) is 0 Å². The lowest BCUT2D eigenvalue weighted by Crippen LogP contribution is -2.49. The molecule has 0 aromatic heterocycles. The van der Waals surface area contributed by atoms with Crippen molar-refractivity contribution in [2.75, 3.05) is 18.4 Å². The van der Waals surface area contributed by atoms with Crippen molar-refractivity contribution in [1.82, 2.24) is 10.2 Å². The summed E-state index contributed by atoms with van der Waals surface area (Å²) in [6.07, 6.45) is 7.28. The average molecular weight is 347 g/mol. The first-order valence-electron chi connectivity index (χ1n) is 9.24. The molecule has 1 aliphatic carbocycles. The lowest BCUT2D eigenvalue weighted by atomic mass is 9.93. The lowest BCUT2D eigenvalue weighted by molar-refractivity contribution is -0.127. The summed E-state index contributed by atoms with van der Waals surface area (Å²) in [4.78, 5) is 26.5. The summed E-state index contributed by atoms with van der Waals surface area (Å²) in [5.41, 5.74) is 0.168. The largest absolute Gasteiger partial charge is 0.353 e. The van der Waals surface area contributed by atoms with Crippen LogP contribution in [0.5, 0.6) is 0 Å². The number of halogens is 1. The molecule has 6 heteroatoms. The Morgan fingerprint density at radius 2 is 1.80 bits per heavy atom. The van der Waals surface area contributed by atoms with Gasteiger partial charge >= 0.3 is 6.03 Å². The fraction of sp³-hybridized carbons (Fsp3) is 0.579. The van der Waals surface area contributed by atoms with Gasteiger partial charge in [0, 0.05) is 19.1 Å². The van der Waals surface area contributed by atoms with Gasteiger partial charge in [0.05, 0.1) is 11.6 Å². The Labute approximate surface area is 148 Å². The third-order valence-corrected chi connectivity index (χ3v) is 5.15. The van der Waals surface area contributed by atoms with Crippen molar-refractivity contribution < 1.29 is 14.0 Å². The smallest absolute Gasteiger partial charge is 0.321 e. The van der Waals surface area contributed by atoms with Crippen LogP contribution in [-0.2, 0) is 4.79 Å². The minimum atomic E-state index is -0.459. The van der Waals surface area contributed by atoms with E-state index in [-0.39, 0.29) is 29.6 Å². The van der Waals surface area contributed by atoms with Crippen LogP contribution in [0.15, 0.2) is 24.3 Å². The van der Waals surface area contributed by atoms with E-state index < -0.39 is 5.82 Å². The number of hydrogen-bond donors (Lipinski definition) is 2. The number of likely N-dealkylation sites (tertiary alicyclic amines) is 1. The van der Waals surface area contributed by atoms with Crippen molar-refractivity contribution in [2.24, 2.45) is 5.92 Å². The van der Waals surface area contributed by atoms with Crippen LogP contribution >= 0.6 is 0 Å². The van der Waals surface area contributed by atoms with E-state index in [9.17, 15) is 14.0 Å². The van der Waals surface area contributed by atoms with Gasteiger partial charge in [-0.05, 0) is 37.8 Å². The van der Waals surface area contributed by atoms with Crippen LogP contribution in [0.1, 0.15) is 44.9 Å². The van der Waals surface area contributed by atoms with Gasteiger partial charge < -0.3 is 15.5 Å². The quantitative estimate of drug-likeness (QED) is 0.879. The molecular weight excluding hydrogens is 321 g/mol. The Balaban J connectivity index is 1.54. The summed E-state index contributed by atoms with van der Waals surface area (Å²) >= 11 is 0. The number of carbonyl (C=O) groups is 2. The second-order valence-corrected chi connectivity index (χ2v) is 7.04. The Morgan fingerprint density at radius 1 is 1.04 bits per heavy atom. The van der Waals surface area contributed by atoms with Gasteiger partial charge in [-0.2, -0.15) is 0 Å². The molecular formula is C19H26FN3O2. The highest BCUT2D eigenvalue weighted by molar-refractivity contribution is 5.90. The predicted molar refractivity (Wildman–Crippen MR) is 94.7 cm³/mol. The fourth-order valence-corrected chi connectivity index (χ4v) is 3.70. The van der Waals surface area contributed by atoms with Gasteiger partial charge in [-0.15, -0.1) is 0 Å². The number of carbonyl (C=O) groups excluding carboxylic acids is 2. The van der Waals surface area contributed by atoms with Gasteiger partial charge in [0.1, 0.15) is 5.82 Å². The number of hydrogen-bond acceptors (Lipinski definition) is 2. The summed E-state index contributed by atoms with van der Waals surface area (Å²) in [7, 11) is 0. The van der Waals surface area contributed by atoms with E-state index in [4.69, 9.17) is 0 Å². The molecule has 1 saturated carbocycles. The molecule has 3 rings (SSSR count). The molecule has 1 unspecified atom stereocenters. The molecule has 0 radical (unpaired) electrons. The van der Waals surface area contributed by atoms with E-state index in [0.29, 0.717) is 13.1 Å². The van der Waals surface area contributed by atoms with Crippen molar-refractivity contribution in [3.63, 3.8) is 0 Å². The lowest BCUT2D eigenvalue weighted by Gasteiger charge is -2.33. The zero-order valence-corrected chi connectivity index (χ0v) is 14.5. The number of piperidine rings is 1. The zero-order valence-electron chi connectivity index (χ0n) is 14.5. The molecule has 1 aliphatic heterocycles. The van der Waals surface area contributed by atoms with Crippen molar-refractivity contribution in [3.05, 3.63) is 30.1 Å². The first kappa shape index (κ1) is 17.7. The molecule has 3 amide bonds. The monoisotopic (exact) mass is 347 g/mol. The molecule has 1 atom stereocenters. The predicted octanol–water partition coefficient (Wildman–Crippen LogP) is 3.52. The number of rotatable bonds is 3. The summed E-state index contributed by atoms with van der Waals surface area (Å²) in [6.45, 7) is 0.979. The van der Waals surface area contributed by atoms with Gasteiger partial charge in [-0.1, -0.05) is 31.4 Å². The molecule has 1 aromatic rings. The molecule has 2 fully saturated rings. The minimum Gasteiger partial charge on any atom is -0.353 e. The number of amides is 3. The zero-order chi connectivity index (χ0) is 17.6. The second kappa shape index (κ2) is 8.32. The third-order valence-electron chi connectivity index (χ3n) is 5.15. The van der Waals surface area contributed by atoms with Gasteiger partial charge in [-0.3, -0.25) is 4.79 Å². The SMILES string of the molecule is O=C(NC1CCCCC1)C1CCCN(C(=O)Nc2ccccc2F)C1. The van der Waals surface area contributed by atoms with Crippen molar-refractivity contribution in [1.29, 1.82) is 0 Å². The normalized spacial score (nSPS) is 21.6. The van der Waals surface area contributed by atoms with Crippen molar-refractivity contribution >= 4 is 17.6 Å². The molecule has 0 spiro atoms. The highest BCUT2D eigenvalue weighted by Crippen LogP contribution is 2.21. The number of nitrogens with one attached hydrogen (secondary N) is 2. The number of nitrogens with zero attached hydrogens (tertiary/aromatic N) is 1. The van der Waals surface area contributed by atoms with Crippen molar-refractivity contribution in [3.8, 4) is 0 Å². The minimum absolute atomic E-state index is 0.0512.